The number of nitrogens with zero attached hydrogens (tertiary/aromatic N) is 3. The van der Waals surface area contributed by atoms with Crippen molar-refractivity contribution in [3.8, 4) is 0 Å². The summed E-state index contributed by atoms with van der Waals surface area (Å²) in [6.45, 7) is 14.7. The normalized spacial score (nSPS) is 20.0. The molecule has 1 heterocycles. The molecule has 0 aliphatic carbocycles. The lowest BCUT2D eigenvalue weighted by atomic mass is 9.89. The van der Waals surface area contributed by atoms with Gasteiger partial charge < -0.3 is 29.9 Å². The van der Waals surface area contributed by atoms with Crippen LogP contribution in [0.3, 0.4) is 0 Å². The maximum absolute atomic E-state index is 14.1. The second kappa shape index (κ2) is 19.5. The van der Waals surface area contributed by atoms with Crippen LogP contribution in [-0.4, -0.2) is 131 Å². The van der Waals surface area contributed by atoms with E-state index in [0.29, 0.717) is 19.4 Å². The van der Waals surface area contributed by atoms with Crippen LogP contribution in [-0.2, 0) is 28.7 Å². The molecule has 1 rings (SSSR count). The van der Waals surface area contributed by atoms with Gasteiger partial charge in [-0.05, 0) is 44.7 Å². The van der Waals surface area contributed by atoms with Crippen LogP contribution < -0.4 is 10.6 Å². The van der Waals surface area contributed by atoms with Gasteiger partial charge in [0.05, 0.1) is 50.5 Å². The molecule has 11 nitrogen and oxygen atoms in total. The molecule has 2 N–H and O–H groups in total. The highest BCUT2D eigenvalue weighted by Crippen LogP contribution is 2.29. The van der Waals surface area contributed by atoms with Gasteiger partial charge in [0, 0.05) is 34.4 Å². The molecule has 0 aromatic heterocycles. The first-order valence-corrected chi connectivity index (χ1v) is 16.7. The minimum Gasteiger partial charge on any atom is -0.379 e. The lowest BCUT2D eigenvalue weighted by molar-refractivity contribution is -0.148. The molecule has 0 aromatic rings. The average molecular weight is 636 g/mol. The van der Waals surface area contributed by atoms with Crippen LogP contribution in [0.1, 0.15) is 74.1 Å². The smallest absolute Gasteiger partial charge is 0.245 e. The van der Waals surface area contributed by atoms with E-state index in [1.54, 1.807) is 26.2 Å². The Balaban J connectivity index is 3.25. The number of rotatable bonds is 19. The van der Waals surface area contributed by atoms with Crippen molar-refractivity contribution in [2.45, 2.75) is 117 Å². The number of likely N-dealkylation sites (N-methyl/N-ethyl adjacent to an activating group) is 2. The van der Waals surface area contributed by atoms with E-state index in [2.05, 4.69) is 17.6 Å². The molecule has 1 fully saturated rings. The molecule has 4 amide bonds. The van der Waals surface area contributed by atoms with Crippen molar-refractivity contribution < 1.29 is 28.7 Å². The molecule has 1 saturated heterocycles. The van der Waals surface area contributed by atoms with Gasteiger partial charge in [-0.3, -0.25) is 24.1 Å². The second-order valence-electron chi connectivity index (χ2n) is 13.6. The molecule has 8 atom stereocenters. The van der Waals surface area contributed by atoms with Crippen LogP contribution in [0.25, 0.3) is 0 Å². The largest absolute Gasteiger partial charge is 0.379 e. The van der Waals surface area contributed by atoms with E-state index in [9.17, 15) is 19.2 Å². The van der Waals surface area contributed by atoms with E-state index in [1.807, 2.05) is 65.4 Å². The van der Waals surface area contributed by atoms with Crippen LogP contribution in [0, 0.1) is 23.7 Å². The van der Waals surface area contributed by atoms with Gasteiger partial charge in [-0.25, -0.2) is 0 Å². The Morgan fingerprint density at radius 3 is 2.04 bits per heavy atom. The van der Waals surface area contributed by atoms with Crippen molar-refractivity contribution >= 4 is 31.5 Å². The van der Waals surface area contributed by atoms with Gasteiger partial charge in [-0.15, -0.1) is 0 Å². The van der Waals surface area contributed by atoms with Gasteiger partial charge in [0.1, 0.15) is 6.04 Å². The van der Waals surface area contributed by atoms with Crippen LogP contribution in [0.15, 0.2) is 0 Å². The van der Waals surface area contributed by atoms with Crippen molar-refractivity contribution in [2.24, 2.45) is 23.7 Å². The minimum atomic E-state index is -0.735. The third-order valence-corrected chi connectivity index (χ3v) is 9.39. The summed E-state index contributed by atoms with van der Waals surface area (Å²) < 4.78 is 11.8. The Hall–Kier alpha value is -2.18. The van der Waals surface area contributed by atoms with Crippen molar-refractivity contribution in [3.05, 3.63) is 0 Å². The Labute approximate surface area is 274 Å². The van der Waals surface area contributed by atoms with Crippen LogP contribution in [0.2, 0.25) is 6.32 Å². The second-order valence-corrected chi connectivity index (χ2v) is 13.6. The summed E-state index contributed by atoms with van der Waals surface area (Å²) in [7, 11) is 14.2. The fourth-order valence-corrected chi connectivity index (χ4v) is 6.77. The molecule has 0 saturated carbocycles. The molecule has 12 heteroatoms. The number of ether oxygens (including phenoxy) is 2. The molecular formula is C33H62BN5O6. The minimum absolute atomic E-state index is 0.0118. The highest BCUT2D eigenvalue weighted by Gasteiger charge is 2.43. The average Bonchev–Trinajstić information content (AvgIpc) is 3.46. The zero-order valence-corrected chi connectivity index (χ0v) is 30.1. The summed E-state index contributed by atoms with van der Waals surface area (Å²) >= 11 is 0. The number of carbonyl (C=O) groups excluding carboxylic acids is 4. The Morgan fingerprint density at radius 2 is 1.58 bits per heavy atom. The Bertz CT molecular complexity index is 943. The predicted octanol–water partition coefficient (Wildman–Crippen LogP) is 2.34. The number of amides is 4. The summed E-state index contributed by atoms with van der Waals surface area (Å²) in [6, 6.07) is -1.78. The Morgan fingerprint density at radius 1 is 0.956 bits per heavy atom. The van der Waals surface area contributed by atoms with Crippen molar-refractivity contribution in [1.29, 1.82) is 0 Å². The first-order valence-electron chi connectivity index (χ1n) is 16.7. The fourth-order valence-electron chi connectivity index (χ4n) is 6.77. The SMILES string of the molecule is [B]CCNC(=O)[C@H](C)C(OC)C1CCCN1C(=O)CC(OC)[C@H](C(C)CC)N(C)C(=O)[C@@H](NC(=O)[C@H](C(C)C)N(C)C)C(C)C. The van der Waals surface area contributed by atoms with E-state index < -0.39 is 30.2 Å². The quantitative estimate of drug-likeness (QED) is 0.209. The summed E-state index contributed by atoms with van der Waals surface area (Å²) in [5, 5.41) is 5.85. The lowest BCUT2D eigenvalue weighted by Crippen LogP contribution is -2.59. The van der Waals surface area contributed by atoms with Crippen LogP contribution in [0.5, 0.6) is 0 Å². The summed E-state index contributed by atoms with van der Waals surface area (Å²) in [4.78, 5) is 59.4. The number of methoxy groups -OCH3 is 2. The van der Waals surface area contributed by atoms with E-state index in [4.69, 9.17) is 17.3 Å². The summed E-state index contributed by atoms with van der Waals surface area (Å²) in [5.74, 6) is -1.21. The van der Waals surface area contributed by atoms with Crippen LogP contribution >= 0.6 is 0 Å². The molecule has 2 radical (unpaired) electrons. The molecule has 0 bridgehead atoms. The van der Waals surface area contributed by atoms with E-state index in [0.717, 1.165) is 19.3 Å². The molecule has 0 aromatic carbocycles. The zero-order valence-electron chi connectivity index (χ0n) is 30.1. The van der Waals surface area contributed by atoms with Gasteiger partial charge in [0.25, 0.3) is 0 Å². The molecule has 1 aliphatic heterocycles. The van der Waals surface area contributed by atoms with Gasteiger partial charge in [-0.1, -0.05) is 61.2 Å². The van der Waals surface area contributed by atoms with Crippen molar-refractivity contribution in [2.75, 3.05) is 48.5 Å². The molecule has 4 unspecified atom stereocenters. The number of hydrogen-bond acceptors (Lipinski definition) is 7. The highest BCUT2D eigenvalue weighted by atomic mass is 16.5. The van der Waals surface area contributed by atoms with E-state index in [-0.39, 0.29) is 59.9 Å². The first-order chi connectivity index (χ1) is 21.1. The molecule has 0 spiro atoms. The zero-order chi connectivity index (χ0) is 34.6. The van der Waals surface area contributed by atoms with Gasteiger partial charge in [0.2, 0.25) is 23.6 Å². The van der Waals surface area contributed by atoms with Crippen LogP contribution in [0.4, 0.5) is 0 Å². The Kier molecular flexibility index (Phi) is 17.7. The number of hydrogen-bond donors (Lipinski definition) is 2. The molecule has 1 aliphatic rings. The number of carbonyl (C=O) groups is 4. The third-order valence-electron chi connectivity index (χ3n) is 9.39. The lowest BCUT2D eigenvalue weighted by Gasteiger charge is -2.41. The number of nitrogens with one attached hydrogen (secondary N) is 2. The maximum Gasteiger partial charge on any atom is 0.245 e. The van der Waals surface area contributed by atoms with Crippen molar-refractivity contribution in [1.82, 2.24) is 25.3 Å². The third kappa shape index (κ3) is 11.0. The van der Waals surface area contributed by atoms with Gasteiger partial charge in [-0.2, -0.15) is 0 Å². The summed E-state index contributed by atoms with van der Waals surface area (Å²) in [5.41, 5.74) is 0. The fraction of sp³-hybridized carbons (Fsp3) is 0.879. The standard InChI is InChI=1S/C33H62BN5O6/c1-13-22(6)29(38(10)33(43)27(20(2)3)36-32(42)28(21(4)5)37(8)9)25(44-11)19-26(40)39-18-14-15-24(39)30(45-12)23(7)31(41)35-17-16-34/h20-25,27-30H,13-19H2,1-12H3,(H,35,41)(H,36,42)/t22?,23-,24?,25?,27+,28+,29+,30?/m1/s1. The van der Waals surface area contributed by atoms with E-state index >= 15 is 0 Å². The first kappa shape index (κ1) is 40.8. The van der Waals surface area contributed by atoms with Crippen molar-refractivity contribution in [3.63, 3.8) is 0 Å². The number of likely N-dealkylation sites (tertiary alicyclic amines) is 1. The molecular weight excluding hydrogens is 573 g/mol. The molecule has 258 valence electrons. The van der Waals surface area contributed by atoms with E-state index in [1.165, 1.54) is 0 Å². The monoisotopic (exact) mass is 635 g/mol. The maximum atomic E-state index is 14.1. The topological polar surface area (TPSA) is 121 Å². The molecule has 45 heavy (non-hydrogen) atoms. The highest BCUT2D eigenvalue weighted by molar-refractivity contribution is 6.08. The van der Waals surface area contributed by atoms with Gasteiger partial charge in [0.15, 0.2) is 0 Å². The van der Waals surface area contributed by atoms with Gasteiger partial charge >= 0.3 is 0 Å². The predicted molar refractivity (Wildman–Crippen MR) is 179 cm³/mol. The summed E-state index contributed by atoms with van der Waals surface area (Å²) in [6.07, 6.45) is 1.65.